The van der Waals surface area contributed by atoms with E-state index in [0.717, 1.165) is 27.8 Å². The molecule has 7 heteroatoms. The molecule has 1 amide bonds. The molecule has 2 heterocycles. The van der Waals surface area contributed by atoms with Gasteiger partial charge in [0, 0.05) is 30.5 Å². The van der Waals surface area contributed by atoms with E-state index in [2.05, 4.69) is 10.3 Å². The molecule has 168 valence electrons. The number of aromatic carboxylic acids is 1. The van der Waals surface area contributed by atoms with Crippen molar-refractivity contribution in [3.8, 4) is 16.9 Å². The van der Waals surface area contributed by atoms with Crippen LogP contribution in [-0.4, -0.2) is 34.6 Å². The second-order valence-electron chi connectivity index (χ2n) is 7.75. The predicted molar refractivity (Wildman–Crippen MR) is 128 cm³/mol. The molecule has 3 aromatic rings. The van der Waals surface area contributed by atoms with Gasteiger partial charge in [0.25, 0.3) is 0 Å². The standard InChI is InChI=1S/C26H23ClN2O4/c1-2-20-21(6-3-7-22(20)26(31)32)17-11-18-12-19(33-25(18)23(27)13-17)15-29-24(30)9-8-16-5-4-10-28-14-16/h3-11,13-14,19H,2,12,15H2,1H3,(H,29,30)(H,31,32)/b9-8+. The first-order valence-corrected chi connectivity index (χ1v) is 11.0. The molecular formula is C26H23ClN2O4. The highest BCUT2D eigenvalue weighted by atomic mass is 35.5. The fraction of sp³-hybridized carbons (Fsp3) is 0.192. The van der Waals surface area contributed by atoms with Crippen molar-refractivity contribution in [1.29, 1.82) is 0 Å². The number of nitrogens with zero attached hydrogens (tertiary/aromatic N) is 1. The first kappa shape index (κ1) is 22.6. The van der Waals surface area contributed by atoms with Gasteiger partial charge in [-0.2, -0.15) is 0 Å². The lowest BCUT2D eigenvalue weighted by Gasteiger charge is -2.13. The molecule has 1 aliphatic rings. The van der Waals surface area contributed by atoms with Gasteiger partial charge in [-0.25, -0.2) is 4.79 Å². The third kappa shape index (κ3) is 5.07. The van der Waals surface area contributed by atoms with Crippen molar-refractivity contribution in [2.45, 2.75) is 25.9 Å². The van der Waals surface area contributed by atoms with Crippen LogP contribution in [0.2, 0.25) is 5.02 Å². The van der Waals surface area contributed by atoms with Crippen molar-refractivity contribution in [1.82, 2.24) is 10.3 Å². The Kier molecular flexibility index (Phi) is 6.75. The van der Waals surface area contributed by atoms with Crippen LogP contribution in [-0.2, 0) is 17.6 Å². The van der Waals surface area contributed by atoms with Gasteiger partial charge in [0.05, 0.1) is 17.1 Å². The number of benzene rings is 2. The molecule has 6 nitrogen and oxygen atoms in total. The van der Waals surface area contributed by atoms with Crippen LogP contribution >= 0.6 is 11.6 Å². The molecule has 1 unspecified atom stereocenters. The molecule has 0 saturated carbocycles. The maximum absolute atomic E-state index is 12.2. The van der Waals surface area contributed by atoms with Crippen LogP contribution in [0.5, 0.6) is 5.75 Å². The molecule has 1 aromatic heterocycles. The number of ether oxygens (including phenoxy) is 1. The van der Waals surface area contributed by atoms with Gasteiger partial charge >= 0.3 is 5.97 Å². The molecule has 1 atom stereocenters. The second kappa shape index (κ2) is 9.88. The molecule has 0 aliphatic carbocycles. The fourth-order valence-electron chi connectivity index (χ4n) is 4.02. The first-order valence-electron chi connectivity index (χ1n) is 10.7. The average Bonchev–Trinajstić information content (AvgIpc) is 3.25. The molecule has 4 rings (SSSR count). The number of amides is 1. The average molecular weight is 463 g/mol. The summed E-state index contributed by atoms with van der Waals surface area (Å²) < 4.78 is 5.99. The quantitative estimate of drug-likeness (QED) is 0.492. The molecule has 2 N–H and O–H groups in total. The molecule has 1 aliphatic heterocycles. The summed E-state index contributed by atoms with van der Waals surface area (Å²) in [4.78, 5) is 27.8. The summed E-state index contributed by atoms with van der Waals surface area (Å²) in [7, 11) is 0. The van der Waals surface area contributed by atoms with E-state index in [-0.39, 0.29) is 12.0 Å². The van der Waals surface area contributed by atoms with E-state index in [1.807, 2.05) is 25.1 Å². The van der Waals surface area contributed by atoms with Gasteiger partial charge in [-0.3, -0.25) is 9.78 Å². The van der Waals surface area contributed by atoms with Gasteiger partial charge in [-0.15, -0.1) is 0 Å². The SMILES string of the molecule is CCc1c(C(=O)O)cccc1-c1cc(Cl)c2c(c1)CC(CNC(=O)/C=C/c1cccnc1)O2. The van der Waals surface area contributed by atoms with Crippen molar-refractivity contribution in [3.63, 3.8) is 0 Å². The lowest BCUT2D eigenvalue weighted by atomic mass is 9.92. The van der Waals surface area contributed by atoms with Gasteiger partial charge in [-0.05, 0) is 59.0 Å². The summed E-state index contributed by atoms with van der Waals surface area (Å²) in [5, 5.41) is 12.9. The monoisotopic (exact) mass is 462 g/mol. The van der Waals surface area contributed by atoms with Gasteiger partial charge in [-0.1, -0.05) is 36.7 Å². The Morgan fingerprint density at radius 2 is 2.12 bits per heavy atom. The van der Waals surface area contributed by atoms with Crippen LogP contribution in [0, 0.1) is 0 Å². The third-order valence-corrected chi connectivity index (χ3v) is 5.82. The van der Waals surface area contributed by atoms with Crippen molar-refractivity contribution in [2.24, 2.45) is 0 Å². The van der Waals surface area contributed by atoms with E-state index >= 15 is 0 Å². The van der Waals surface area contributed by atoms with Crippen LogP contribution in [0.4, 0.5) is 0 Å². The number of rotatable bonds is 7. The van der Waals surface area contributed by atoms with Crippen molar-refractivity contribution >= 4 is 29.6 Å². The number of carboxylic acid groups (broad SMARTS) is 1. The zero-order chi connectivity index (χ0) is 23.4. The summed E-state index contributed by atoms with van der Waals surface area (Å²) in [5.74, 6) is -0.557. The number of fused-ring (bicyclic) bond motifs is 1. The normalized spacial score (nSPS) is 14.7. The van der Waals surface area contributed by atoms with Gasteiger partial charge in [0.1, 0.15) is 11.9 Å². The summed E-state index contributed by atoms with van der Waals surface area (Å²) in [5.41, 5.74) is 4.54. The molecule has 0 radical (unpaired) electrons. The zero-order valence-corrected chi connectivity index (χ0v) is 18.8. The Balaban J connectivity index is 1.47. The molecule has 2 aromatic carbocycles. The summed E-state index contributed by atoms with van der Waals surface area (Å²) in [6.45, 7) is 2.27. The maximum Gasteiger partial charge on any atom is 0.335 e. The summed E-state index contributed by atoms with van der Waals surface area (Å²) in [6.07, 6.45) is 7.46. The van der Waals surface area contributed by atoms with Gasteiger partial charge < -0.3 is 15.2 Å². The van der Waals surface area contributed by atoms with E-state index in [0.29, 0.717) is 35.7 Å². The minimum absolute atomic E-state index is 0.219. The molecule has 33 heavy (non-hydrogen) atoms. The number of carbonyl (C=O) groups excluding carboxylic acids is 1. The van der Waals surface area contributed by atoms with Crippen LogP contribution in [0.25, 0.3) is 17.2 Å². The Labute approximate surface area is 196 Å². The number of hydrogen-bond acceptors (Lipinski definition) is 4. The number of aromatic nitrogens is 1. The van der Waals surface area contributed by atoms with E-state index in [9.17, 15) is 14.7 Å². The van der Waals surface area contributed by atoms with E-state index in [1.165, 1.54) is 6.08 Å². The van der Waals surface area contributed by atoms with E-state index in [4.69, 9.17) is 16.3 Å². The topological polar surface area (TPSA) is 88.5 Å². The van der Waals surface area contributed by atoms with Crippen LogP contribution in [0.15, 0.2) is 60.9 Å². The third-order valence-electron chi connectivity index (χ3n) is 5.54. The number of hydrogen-bond donors (Lipinski definition) is 2. The highest BCUT2D eigenvalue weighted by Crippen LogP contribution is 2.40. The zero-order valence-electron chi connectivity index (χ0n) is 18.0. The lowest BCUT2D eigenvalue weighted by Crippen LogP contribution is -2.33. The minimum atomic E-state index is -0.947. The molecule has 0 saturated heterocycles. The number of carbonyl (C=O) groups is 2. The fourth-order valence-corrected chi connectivity index (χ4v) is 4.30. The summed E-state index contributed by atoms with van der Waals surface area (Å²) >= 11 is 6.52. The van der Waals surface area contributed by atoms with Crippen molar-refractivity contribution < 1.29 is 19.4 Å². The maximum atomic E-state index is 12.2. The number of carboxylic acids is 1. The lowest BCUT2D eigenvalue weighted by molar-refractivity contribution is -0.116. The highest BCUT2D eigenvalue weighted by molar-refractivity contribution is 6.32. The van der Waals surface area contributed by atoms with Crippen LogP contribution in [0.3, 0.4) is 0 Å². The second-order valence-corrected chi connectivity index (χ2v) is 8.15. The van der Waals surface area contributed by atoms with Crippen LogP contribution < -0.4 is 10.1 Å². The first-order chi connectivity index (χ1) is 16.0. The molecular weight excluding hydrogens is 440 g/mol. The Morgan fingerprint density at radius 1 is 1.27 bits per heavy atom. The van der Waals surface area contributed by atoms with Crippen molar-refractivity contribution in [3.05, 3.63) is 88.2 Å². The van der Waals surface area contributed by atoms with Gasteiger partial charge in [0.15, 0.2) is 0 Å². The van der Waals surface area contributed by atoms with Gasteiger partial charge in [0.2, 0.25) is 5.91 Å². The Morgan fingerprint density at radius 3 is 2.85 bits per heavy atom. The van der Waals surface area contributed by atoms with Crippen molar-refractivity contribution in [2.75, 3.05) is 6.54 Å². The number of halogens is 1. The van der Waals surface area contributed by atoms with E-state index < -0.39 is 5.97 Å². The minimum Gasteiger partial charge on any atom is -0.486 e. The summed E-state index contributed by atoms with van der Waals surface area (Å²) in [6, 6.07) is 12.7. The number of pyridine rings is 1. The Hall–Kier alpha value is -3.64. The largest absolute Gasteiger partial charge is 0.486 e. The molecule has 0 fully saturated rings. The highest BCUT2D eigenvalue weighted by Gasteiger charge is 2.27. The smallest absolute Gasteiger partial charge is 0.335 e. The molecule has 0 bridgehead atoms. The van der Waals surface area contributed by atoms with Crippen LogP contribution in [0.1, 0.15) is 34.0 Å². The molecule has 0 spiro atoms. The van der Waals surface area contributed by atoms with E-state index in [1.54, 1.807) is 42.7 Å². The number of nitrogens with one attached hydrogen (secondary N) is 1. The predicted octanol–water partition coefficient (Wildman–Crippen LogP) is 4.80. The Bertz CT molecular complexity index is 1220.